The van der Waals surface area contributed by atoms with Crippen LogP contribution < -0.4 is 0 Å². The van der Waals surface area contributed by atoms with Crippen LogP contribution in [-0.2, 0) is 9.53 Å². The number of carboxylic acid groups (broad SMARTS) is 1. The molecule has 1 N–H and O–H groups in total. The third-order valence-electron chi connectivity index (χ3n) is 5.71. The summed E-state index contributed by atoms with van der Waals surface area (Å²) in [6.07, 6.45) is 9.60. The maximum Gasteiger partial charge on any atom is 0.309 e. The highest BCUT2D eigenvalue weighted by Crippen LogP contribution is 2.46. The number of ether oxygens (including phenoxy) is 1. The molecule has 1 saturated carbocycles. The molecule has 1 unspecified atom stereocenters. The first-order valence-electron chi connectivity index (χ1n) is 9.49. The van der Waals surface area contributed by atoms with Crippen molar-refractivity contribution in [1.82, 2.24) is 0 Å². The van der Waals surface area contributed by atoms with E-state index in [1.165, 1.54) is 12.8 Å². The van der Waals surface area contributed by atoms with Gasteiger partial charge in [-0.2, -0.15) is 0 Å². The Labute approximate surface area is 149 Å². The van der Waals surface area contributed by atoms with Gasteiger partial charge in [0.25, 0.3) is 0 Å². The Kier molecular flexibility index (Phi) is 7.45. The van der Waals surface area contributed by atoms with Gasteiger partial charge in [0.2, 0.25) is 6.43 Å². The first-order chi connectivity index (χ1) is 12.0. The van der Waals surface area contributed by atoms with E-state index in [4.69, 9.17) is 4.74 Å². The number of unbranched alkanes of at least 4 members (excludes halogenated alkanes) is 2. The second-order valence-electron chi connectivity index (χ2n) is 7.44. The Hall–Kier alpha value is -1.39. The molecule has 0 heterocycles. The van der Waals surface area contributed by atoms with Crippen molar-refractivity contribution in [2.24, 2.45) is 17.3 Å². The fourth-order valence-corrected chi connectivity index (χ4v) is 4.04. The fraction of sp³-hybridized carbons (Fsp3) is 0.750. The van der Waals surface area contributed by atoms with Crippen molar-refractivity contribution in [2.45, 2.75) is 71.1 Å². The van der Waals surface area contributed by atoms with Crippen LogP contribution in [0.2, 0.25) is 0 Å². The van der Waals surface area contributed by atoms with E-state index in [1.807, 2.05) is 6.08 Å². The average Bonchev–Trinajstić information content (AvgIpc) is 2.59. The topological polar surface area (TPSA) is 46.5 Å². The van der Waals surface area contributed by atoms with Crippen molar-refractivity contribution in [1.29, 1.82) is 0 Å². The maximum absolute atomic E-state index is 12.8. The smallest absolute Gasteiger partial charge is 0.309 e. The van der Waals surface area contributed by atoms with Crippen molar-refractivity contribution in [3.8, 4) is 0 Å². The van der Waals surface area contributed by atoms with Gasteiger partial charge in [0.1, 0.15) is 5.76 Å². The van der Waals surface area contributed by atoms with Crippen LogP contribution in [0.4, 0.5) is 8.78 Å². The number of carbonyl (C=O) groups is 1. The van der Waals surface area contributed by atoms with Crippen LogP contribution in [0.15, 0.2) is 24.0 Å². The van der Waals surface area contributed by atoms with Crippen molar-refractivity contribution in [3.05, 3.63) is 24.0 Å². The van der Waals surface area contributed by atoms with E-state index < -0.39 is 24.2 Å². The van der Waals surface area contributed by atoms with Crippen molar-refractivity contribution in [2.75, 3.05) is 6.61 Å². The standard InChI is InChI=1S/C20H30F2O3/c1-2-3-4-13-25-17-7-5-15(6-8-17)16-9-11-20(12-10-16,19(23)24)14-18(21)22/h5,7-8,15-16,18H,2-4,6,9-14H2,1H3,(H,23,24). The van der Waals surface area contributed by atoms with E-state index in [0.29, 0.717) is 37.5 Å². The molecular formula is C20H30F2O3. The second-order valence-corrected chi connectivity index (χ2v) is 7.44. The molecule has 0 bridgehead atoms. The van der Waals surface area contributed by atoms with Gasteiger partial charge >= 0.3 is 5.97 Å². The summed E-state index contributed by atoms with van der Waals surface area (Å²) in [6, 6.07) is 0. The van der Waals surface area contributed by atoms with Gasteiger partial charge in [-0.15, -0.1) is 0 Å². The lowest BCUT2D eigenvalue weighted by molar-refractivity contribution is -0.155. The summed E-state index contributed by atoms with van der Waals surface area (Å²) in [6.45, 7) is 2.90. The first-order valence-corrected chi connectivity index (χ1v) is 9.49. The Morgan fingerprint density at radius 3 is 2.60 bits per heavy atom. The summed E-state index contributed by atoms with van der Waals surface area (Å²) in [5.41, 5.74) is -1.23. The Bertz CT molecular complexity index is 491. The van der Waals surface area contributed by atoms with Crippen molar-refractivity contribution in [3.63, 3.8) is 0 Å². The molecule has 142 valence electrons. The average molecular weight is 356 g/mol. The number of alkyl halides is 2. The quantitative estimate of drug-likeness (QED) is 0.549. The molecule has 3 nitrogen and oxygen atoms in total. The monoisotopic (exact) mass is 356 g/mol. The Morgan fingerprint density at radius 1 is 1.36 bits per heavy atom. The third-order valence-corrected chi connectivity index (χ3v) is 5.71. The zero-order valence-corrected chi connectivity index (χ0v) is 15.1. The largest absolute Gasteiger partial charge is 0.494 e. The maximum atomic E-state index is 12.8. The van der Waals surface area contributed by atoms with Crippen LogP contribution in [0.1, 0.15) is 64.7 Å². The summed E-state index contributed by atoms with van der Waals surface area (Å²) in [5, 5.41) is 9.42. The molecule has 0 aromatic rings. The zero-order valence-electron chi connectivity index (χ0n) is 15.1. The van der Waals surface area contributed by atoms with E-state index in [2.05, 4.69) is 19.1 Å². The number of allylic oxidation sites excluding steroid dienone is 3. The summed E-state index contributed by atoms with van der Waals surface area (Å²) < 4.78 is 31.3. The molecule has 2 aliphatic carbocycles. The summed E-state index contributed by atoms with van der Waals surface area (Å²) >= 11 is 0. The number of rotatable bonds is 9. The fourth-order valence-electron chi connectivity index (χ4n) is 4.04. The van der Waals surface area contributed by atoms with Gasteiger partial charge in [-0.1, -0.05) is 25.8 Å². The van der Waals surface area contributed by atoms with Gasteiger partial charge in [-0.25, -0.2) is 8.78 Å². The Morgan fingerprint density at radius 2 is 2.08 bits per heavy atom. The number of hydrogen-bond acceptors (Lipinski definition) is 2. The highest BCUT2D eigenvalue weighted by Gasteiger charge is 2.44. The molecular weight excluding hydrogens is 326 g/mol. The van der Waals surface area contributed by atoms with Crippen molar-refractivity contribution >= 4 is 5.97 Å². The molecule has 0 radical (unpaired) electrons. The molecule has 0 aromatic heterocycles. The lowest BCUT2D eigenvalue weighted by Gasteiger charge is -2.39. The van der Waals surface area contributed by atoms with Gasteiger partial charge in [0.05, 0.1) is 12.0 Å². The molecule has 0 aliphatic heterocycles. The molecule has 5 heteroatoms. The minimum absolute atomic E-state index is 0.353. The molecule has 1 fully saturated rings. The SMILES string of the molecule is CCCCCOC1=CCC(C2CCC(CC(F)F)(C(=O)O)CC2)C=C1. The highest BCUT2D eigenvalue weighted by atomic mass is 19.3. The molecule has 25 heavy (non-hydrogen) atoms. The predicted molar refractivity (Wildman–Crippen MR) is 93.5 cm³/mol. The molecule has 0 amide bonds. The minimum Gasteiger partial charge on any atom is -0.494 e. The summed E-state index contributed by atoms with van der Waals surface area (Å²) in [5.74, 6) is 0.592. The number of carboxylic acids is 1. The van der Waals surface area contributed by atoms with E-state index >= 15 is 0 Å². The predicted octanol–water partition coefficient (Wildman–Crippen LogP) is 5.57. The van der Waals surface area contributed by atoms with Crippen LogP contribution in [-0.4, -0.2) is 24.1 Å². The third kappa shape index (κ3) is 5.55. The van der Waals surface area contributed by atoms with Gasteiger partial charge in [0.15, 0.2) is 0 Å². The zero-order chi connectivity index (χ0) is 18.3. The van der Waals surface area contributed by atoms with Gasteiger partial charge < -0.3 is 9.84 Å². The summed E-state index contributed by atoms with van der Waals surface area (Å²) in [4.78, 5) is 11.5. The van der Waals surface area contributed by atoms with E-state index in [-0.39, 0.29) is 0 Å². The first kappa shape index (κ1) is 19.9. The second kappa shape index (κ2) is 9.35. The van der Waals surface area contributed by atoms with Crippen LogP contribution in [0.25, 0.3) is 0 Å². The highest BCUT2D eigenvalue weighted by molar-refractivity contribution is 5.74. The van der Waals surface area contributed by atoms with Crippen LogP contribution in [0.5, 0.6) is 0 Å². The van der Waals surface area contributed by atoms with Gasteiger partial charge in [-0.05, 0) is 62.5 Å². The normalized spacial score (nSPS) is 29.5. The number of aliphatic carboxylic acids is 1. The number of halogens is 2. The van der Waals surface area contributed by atoms with E-state index in [1.54, 1.807) is 0 Å². The van der Waals surface area contributed by atoms with Crippen molar-refractivity contribution < 1.29 is 23.4 Å². The van der Waals surface area contributed by atoms with Crippen LogP contribution in [0, 0.1) is 17.3 Å². The van der Waals surface area contributed by atoms with E-state index in [9.17, 15) is 18.7 Å². The minimum atomic E-state index is -2.56. The van der Waals surface area contributed by atoms with Gasteiger partial charge in [0, 0.05) is 6.42 Å². The molecule has 0 saturated heterocycles. The van der Waals surface area contributed by atoms with Crippen LogP contribution in [0.3, 0.4) is 0 Å². The lowest BCUT2D eigenvalue weighted by Crippen LogP contribution is -2.38. The Balaban J connectivity index is 1.81. The molecule has 1 atom stereocenters. The molecule has 0 spiro atoms. The molecule has 0 aromatic carbocycles. The molecule has 2 rings (SSSR count). The van der Waals surface area contributed by atoms with Gasteiger partial charge in [-0.3, -0.25) is 4.79 Å². The summed E-state index contributed by atoms with van der Waals surface area (Å²) in [7, 11) is 0. The number of hydrogen-bond donors (Lipinski definition) is 1. The van der Waals surface area contributed by atoms with E-state index in [0.717, 1.165) is 25.2 Å². The molecule has 2 aliphatic rings. The lowest BCUT2D eigenvalue weighted by atomic mass is 9.65. The van der Waals surface area contributed by atoms with Crippen LogP contribution >= 0.6 is 0 Å².